The van der Waals surface area contributed by atoms with Gasteiger partial charge in [0.2, 0.25) is 0 Å². The lowest BCUT2D eigenvalue weighted by molar-refractivity contribution is 0.0239. The van der Waals surface area contributed by atoms with E-state index in [2.05, 4.69) is 45.9 Å². The number of ether oxygens (including phenoxy) is 1. The highest BCUT2D eigenvalue weighted by molar-refractivity contribution is 7.99. The topological polar surface area (TPSA) is 56.8 Å². The van der Waals surface area contributed by atoms with Crippen LogP contribution in [0.3, 0.4) is 0 Å². The molecule has 0 bridgehead atoms. The van der Waals surface area contributed by atoms with Crippen LogP contribution in [0.1, 0.15) is 84.1 Å². The normalized spacial score (nSPS) is 22.5. The van der Waals surface area contributed by atoms with Crippen LogP contribution in [-0.2, 0) is 11.3 Å². The van der Waals surface area contributed by atoms with E-state index in [1.54, 1.807) is 11.8 Å². The number of nitrogens with one attached hydrogen (secondary N) is 2. The molecule has 2 heterocycles. The van der Waals surface area contributed by atoms with Crippen LogP contribution in [0.15, 0.2) is 30.3 Å². The van der Waals surface area contributed by atoms with Crippen LogP contribution >= 0.6 is 24.0 Å². The zero-order chi connectivity index (χ0) is 27.7. The van der Waals surface area contributed by atoms with Crippen LogP contribution in [0.5, 0.6) is 0 Å². The molecular formula is C31H50N4O2S2. The number of thioether (sulfide) groups is 1. The summed E-state index contributed by atoms with van der Waals surface area (Å²) in [5.41, 5.74) is 0.907. The first-order valence-corrected chi connectivity index (χ1v) is 16.7. The molecule has 0 spiro atoms. The fraction of sp³-hybridized carbons (Fsp3) is 0.742. The molecule has 1 aliphatic carbocycles. The molecule has 1 saturated carbocycles. The van der Waals surface area contributed by atoms with Crippen molar-refractivity contribution in [2.75, 3.05) is 31.3 Å². The summed E-state index contributed by atoms with van der Waals surface area (Å²) < 4.78 is 5.68. The molecule has 2 aliphatic heterocycles. The number of rotatable bonds is 10. The molecule has 1 amide bonds. The maximum Gasteiger partial charge on any atom is 0.411 e. The number of amides is 1. The predicted molar refractivity (Wildman–Crippen MR) is 167 cm³/mol. The van der Waals surface area contributed by atoms with E-state index in [0.29, 0.717) is 11.9 Å². The predicted octanol–water partition coefficient (Wildman–Crippen LogP) is 6.20. The molecule has 1 aromatic rings. The zero-order valence-electron chi connectivity index (χ0n) is 24.3. The highest BCUT2D eigenvalue weighted by Gasteiger charge is 2.33. The Bertz CT molecular complexity index is 896. The van der Waals surface area contributed by atoms with Crippen molar-refractivity contribution in [1.82, 2.24) is 20.4 Å². The van der Waals surface area contributed by atoms with Gasteiger partial charge in [-0.3, -0.25) is 9.80 Å². The van der Waals surface area contributed by atoms with Gasteiger partial charge in [0.05, 0.1) is 22.9 Å². The summed E-state index contributed by atoms with van der Waals surface area (Å²) in [6.07, 6.45) is 11.2. The van der Waals surface area contributed by atoms with E-state index in [-0.39, 0.29) is 18.2 Å². The van der Waals surface area contributed by atoms with Gasteiger partial charge in [0, 0.05) is 38.0 Å². The molecule has 0 unspecified atom stereocenters. The Labute approximate surface area is 246 Å². The van der Waals surface area contributed by atoms with E-state index in [1.807, 2.05) is 25.7 Å². The molecule has 2 N–H and O–H groups in total. The van der Waals surface area contributed by atoms with E-state index >= 15 is 0 Å². The van der Waals surface area contributed by atoms with Crippen molar-refractivity contribution in [3.63, 3.8) is 0 Å². The van der Waals surface area contributed by atoms with Gasteiger partial charge < -0.3 is 15.4 Å². The Balaban J connectivity index is 1.29. The molecule has 8 heteroatoms. The number of carbonyl (C=O) groups excluding carboxylic acids is 1. The quantitative estimate of drug-likeness (QED) is 0.323. The van der Waals surface area contributed by atoms with Crippen LogP contribution in [0.25, 0.3) is 0 Å². The van der Waals surface area contributed by atoms with Crippen LogP contribution in [0, 0.1) is 5.92 Å². The lowest BCUT2D eigenvalue weighted by atomic mass is 9.85. The summed E-state index contributed by atoms with van der Waals surface area (Å²) in [7, 11) is 0. The van der Waals surface area contributed by atoms with E-state index in [4.69, 9.17) is 17.0 Å². The van der Waals surface area contributed by atoms with E-state index in [9.17, 15) is 4.79 Å². The summed E-state index contributed by atoms with van der Waals surface area (Å²) in [6.45, 7) is 9.76. The van der Waals surface area contributed by atoms with Crippen molar-refractivity contribution in [2.24, 2.45) is 5.92 Å². The lowest BCUT2D eigenvalue weighted by Gasteiger charge is -2.35. The monoisotopic (exact) mass is 574 g/mol. The van der Waals surface area contributed by atoms with Gasteiger partial charge in [-0.05, 0) is 57.9 Å². The SMILES string of the molecule is CC(C)(C)OC(=O)N1CSC[C@H]1CN[C@H](CCC1CCCCC1)C(=S)NC1CCN(Cc2ccccc2)CC1. The lowest BCUT2D eigenvalue weighted by Crippen LogP contribution is -2.53. The number of piperidine rings is 1. The van der Waals surface area contributed by atoms with Crippen molar-refractivity contribution >= 4 is 35.1 Å². The molecule has 3 aliphatic rings. The minimum absolute atomic E-state index is 0.131. The Hall–Kier alpha value is -1.35. The highest BCUT2D eigenvalue weighted by atomic mass is 32.2. The Morgan fingerprint density at radius 1 is 1.10 bits per heavy atom. The molecule has 0 aromatic heterocycles. The van der Waals surface area contributed by atoms with Gasteiger partial charge in [-0.2, -0.15) is 0 Å². The average molecular weight is 575 g/mol. The molecule has 2 atom stereocenters. The minimum atomic E-state index is -0.479. The number of nitrogens with zero attached hydrogens (tertiary/aromatic N) is 2. The van der Waals surface area contributed by atoms with Crippen LogP contribution in [0.2, 0.25) is 0 Å². The fourth-order valence-corrected chi connectivity index (χ4v) is 7.59. The van der Waals surface area contributed by atoms with E-state index < -0.39 is 5.60 Å². The molecule has 3 fully saturated rings. The van der Waals surface area contributed by atoms with Crippen molar-refractivity contribution in [2.45, 2.75) is 109 Å². The Kier molecular flexibility index (Phi) is 11.8. The molecule has 39 heavy (non-hydrogen) atoms. The fourth-order valence-electron chi connectivity index (χ4n) is 6.04. The van der Waals surface area contributed by atoms with Crippen LogP contribution < -0.4 is 10.6 Å². The van der Waals surface area contributed by atoms with Gasteiger partial charge in [0.25, 0.3) is 0 Å². The largest absolute Gasteiger partial charge is 0.444 e. The van der Waals surface area contributed by atoms with Crippen molar-refractivity contribution < 1.29 is 9.53 Å². The summed E-state index contributed by atoms with van der Waals surface area (Å²) in [4.78, 5) is 18.2. The molecule has 6 nitrogen and oxygen atoms in total. The zero-order valence-corrected chi connectivity index (χ0v) is 26.0. The summed E-state index contributed by atoms with van der Waals surface area (Å²) in [5.74, 6) is 2.45. The van der Waals surface area contributed by atoms with Crippen LogP contribution in [0.4, 0.5) is 4.79 Å². The number of thiocarbonyl (C=S) groups is 1. The first-order chi connectivity index (χ1) is 18.8. The number of carbonyl (C=O) groups is 1. The van der Waals surface area contributed by atoms with E-state index in [0.717, 1.165) is 62.1 Å². The summed E-state index contributed by atoms with van der Waals surface area (Å²) in [6, 6.07) is 11.5. The molecular weight excluding hydrogens is 525 g/mol. The second-order valence-electron chi connectivity index (χ2n) is 12.7. The van der Waals surface area contributed by atoms with Gasteiger partial charge in [-0.1, -0.05) is 74.7 Å². The number of hydrogen-bond donors (Lipinski definition) is 2. The minimum Gasteiger partial charge on any atom is -0.444 e. The summed E-state index contributed by atoms with van der Waals surface area (Å²) >= 11 is 7.85. The maximum atomic E-state index is 12.8. The molecule has 0 radical (unpaired) electrons. The molecule has 2 saturated heterocycles. The standard InChI is InChI=1S/C31H50N4O2S2/c1-31(2,3)37-30(36)35-23-39-22-27(35)20-32-28(15-14-24-10-6-4-7-11-24)29(38)33-26-16-18-34(19-17-26)21-25-12-8-5-9-13-25/h5,8-9,12-13,24,26-28,32H,4,6-7,10-11,14-23H2,1-3H3,(H,33,38)/t27-,28-/m1/s1. The van der Waals surface area contributed by atoms with Crippen molar-refractivity contribution in [3.8, 4) is 0 Å². The van der Waals surface area contributed by atoms with Crippen molar-refractivity contribution in [1.29, 1.82) is 0 Å². The third-order valence-corrected chi connectivity index (χ3v) is 9.78. The Morgan fingerprint density at radius 3 is 2.51 bits per heavy atom. The van der Waals surface area contributed by atoms with Gasteiger partial charge in [0.1, 0.15) is 5.60 Å². The van der Waals surface area contributed by atoms with Crippen LogP contribution in [-0.4, -0.2) is 75.9 Å². The molecule has 1 aromatic carbocycles. The third-order valence-electron chi connectivity index (χ3n) is 8.30. The molecule has 218 valence electrons. The van der Waals surface area contributed by atoms with Gasteiger partial charge >= 0.3 is 6.09 Å². The average Bonchev–Trinajstić information content (AvgIpc) is 3.39. The number of likely N-dealkylation sites (tertiary alicyclic amines) is 1. The molecule has 4 rings (SSSR count). The van der Waals surface area contributed by atoms with E-state index in [1.165, 1.54) is 44.1 Å². The maximum absolute atomic E-state index is 12.8. The summed E-state index contributed by atoms with van der Waals surface area (Å²) in [5, 5.41) is 7.57. The number of benzene rings is 1. The van der Waals surface area contributed by atoms with Crippen molar-refractivity contribution in [3.05, 3.63) is 35.9 Å². The van der Waals surface area contributed by atoms with Gasteiger partial charge in [-0.25, -0.2) is 4.79 Å². The second-order valence-corrected chi connectivity index (χ2v) is 14.1. The van der Waals surface area contributed by atoms with Gasteiger partial charge in [-0.15, -0.1) is 11.8 Å². The first kappa shape index (κ1) is 30.6. The second kappa shape index (κ2) is 15.0. The smallest absolute Gasteiger partial charge is 0.411 e. The first-order valence-electron chi connectivity index (χ1n) is 15.1. The van der Waals surface area contributed by atoms with Gasteiger partial charge in [0.15, 0.2) is 0 Å². The number of hydrogen-bond acceptors (Lipinski definition) is 6. The highest BCUT2D eigenvalue weighted by Crippen LogP contribution is 2.28. The third kappa shape index (κ3) is 10.2. The Morgan fingerprint density at radius 2 is 1.82 bits per heavy atom.